The maximum Gasteiger partial charge on any atom is 0.254 e. The predicted octanol–water partition coefficient (Wildman–Crippen LogP) is 4.42. The van der Waals surface area contributed by atoms with Crippen molar-refractivity contribution in [3.05, 3.63) is 83.0 Å². The van der Waals surface area contributed by atoms with Crippen LogP contribution in [-0.2, 0) is 26.1 Å². The summed E-state index contributed by atoms with van der Waals surface area (Å²) in [5.74, 6) is 0.945. The molecule has 1 aromatic heterocycles. The van der Waals surface area contributed by atoms with E-state index in [0.717, 1.165) is 17.7 Å². The van der Waals surface area contributed by atoms with Crippen LogP contribution in [0, 0.1) is 20.8 Å². The average Bonchev–Trinajstić information content (AvgIpc) is 3.37. The van der Waals surface area contributed by atoms with E-state index in [2.05, 4.69) is 4.98 Å². The molecule has 0 spiro atoms. The Labute approximate surface area is 225 Å². The number of aryl methyl sites for hydroxylation is 3. The van der Waals surface area contributed by atoms with E-state index in [9.17, 15) is 13.2 Å². The van der Waals surface area contributed by atoms with Crippen molar-refractivity contribution in [3.8, 4) is 5.75 Å². The van der Waals surface area contributed by atoms with Crippen molar-refractivity contribution in [1.29, 1.82) is 0 Å². The molecule has 9 heteroatoms. The number of amides is 1. The third-order valence-electron chi connectivity index (χ3n) is 6.73. The number of pyridine rings is 1. The number of rotatable bonds is 10. The fourth-order valence-corrected chi connectivity index (χ4v) is 7.04. The molecular formula is C29H35N3O5S. The van der Waals surface area contributed by atoms with Gasteiger partial charge < -0.3 is 9.47 Å². The molecule has 1 unspecified atom stereocenters. The van der Waals surface area contributed by atoms with Crippen LogP contribution in [0.5, 0.6) is 5.75 Å². The summed E-state index contributed by atoms with van der Waals surface area (Å²) >= 11 is 0. The van der Waals surface area contributed by atoms with Gasteiger partial charge >= 0.3 is 0 Å². The number of nitrogens with zero attached hydrogens (tertiary/aromatic N) is 3. The molecule has 1 fully saturated rings. The summed E-state index contributed by atoms with van der Waals surface area (Å²) in [4.78, 5) is 19.7. The molecule has 4 rings (SSSR count). The zero-order valence-corrected chi connectivity index (χ0v) is 23.2. The Kier molecular flexibility index (Phi) is 8.81. The number of benzene rings is 2. The van der Waals surface area contributed by atoms with Crippen molar-refractivity contribution in [3.63, 3.8) is 0 Å². The van der Waals surface area contributed by atoms with Gasteiger partial charge in [-0.25, -0.2) is 13.4 Å². The van der Waals surface area contributed by atoms with E-state index in [1.54, 1.807) is 44.1 Å². The van der Waals surface area contributed by atoms with E-state index < -0.39 is 10.0 Å². The van der Waals surface area contributed by atoms with Crippen LogP contribution >= 0.6 is 0 Å². The lowest BCUT2D eigenvalue weighted by molar-refractivity contribution is -0.123. The summed E-state index contributed by atoms with van der Waals surface area (Å²) in [6, 6.07) is 18.4. The molecule has 1 atom stereocenters. The molecule has 0 radical (unpaired) electrons. The maximum absolute atomic E-state index is 13.7. The van der Waals surface area contributed by atoms with Crippen molar-refractivity contribution in [2.24, 2.45) is 0 Å². The third kappa shape index (κ3) is 6.23. The highest BCUT2D eigenvalue weighted by Crippen LogP contribution is 2.32. The lowest BCUT2D eigenvalue weighted by Gasteiger charge is -2.26. The Balaban J connectivity index is 1.46. The van der Waals surface area contributed by atoms with Crippen LogP contribution in [0.2, 0.25) is 0 Å². The summed E-state index contributed by atoms with van der Waals surface area (Å²) in [6.07, 6.45) is 1.41. The van der Waals surface area contributed by atoms with Gasteiger partial charge in [0.2, 0.25) is 10.0 Å². The monoisotopic (exact) mass is 537 g/mol. The predicted molar refractivity (Wildman–Crippen MR) is 147 cm³/mol. The molecule has 2 aromatic carbocycles. The number of carbonyl (C=O) groups is 1. The number of carbonyl (C=O) groups excluding carboxylic acids is 1. The zero-order chi connectivity index (χ0) is 27.3. The van der Waals surface area contributed by atoms with Crippen LogP contribution in [0.1, 0.15) is 35.2 Å². The van der Waals surface area contributed by atoms with Crippen molar-refractivity contribution in [1.82, 2.24) is 9.29 Å². The summed E-state index contributed by atoms with van der Waals surface area (Å²) in [5.41, 5.74) is 3.07. The average molecular weight is 538 g/mol. The van der Waals surface area contributed by atoms with Gasteiger partial charge in [0.15, 0.2) is 0 Å². The van der Waals surface area contributed by atoms with Gasteiger partial charge in [-0.3, -0.25) is 9.69 Å². The minimum absolute atomic E-state index is 0.139. The van der Waals surface area contributed by atoms with E-state index in [0.29, 0.717) is 47.1 Å². The van der Waals surface area contributed by atoms with Crippen molar-refractivity contribution in [2.45, 2.75) is 51.1 Å². The van der Waals surface area contributed by atoms with Crippen LogP contribution in [0.15, 0.2) is 65.6 Å². The van der Waals surface area contributed by atoms with Gasteiger partial charge in [-0.2, -0.15) is 4.31 Å². The Morgan fingerprint density at radius 3 is 2.42 bits per heavy atom. The number of hydrogen-bond donors (Lipinski definition) is 0. The second kappa shape index (κ2) is 12.1. The Morgan fingerprint density at radius 2 is 1.76 bits per heavy atom. The molecule has 0 bridgehead atoms. The normalized spacial score (nSPS) is 15.9. The van der Waals surface area contributed by atoms with Crippen LogP contribution in [-0.4, -0.2) is 56.5 Å². The number of methoxy groups -OCH3 is 1. The van der Waals surface area contributed by atoms with Crippen molar-refractivity contribution < 1.29 is 22.7 Å². The SMILES string of the molecule is COc1cc(C)c(S(=O)(=O)N2CCCC2COCC(=O)N(Cc2ccccc2)c2cccc(C)n2)c(C)c1. The summed E-state index contributed by atoms with van der Waals surface area (Å²) in [7, 11) is -2.17. The number of ether oxygens (including phenoxy) is 2. The van der Waals surface area contributed by atoms with E-state index >= 15 is 0 Å². The van der Waals surface area contributed by atoms with Crippen molar-refractivity contribution >= 4 is 21.7 Å². The molecule has 38 heavy (non-hydrogen) atoms. The molecule has 1 aliphatic rings. The van der Waals surface area contributed by atoms with Gasteiger partial charge in [-0.15, -0.1) is 0 Å². The summed E-state index contributed by atoms with van der Waals surface area (Å²) in [6.45, 7) is 6.19. The maximum atomic E-state index is 13.7. The van der Waals surface area contributed by atoms with Gasteiger partial charge in [0, 0.05) is 18.3 Å². The van der Waals surface area contributed by atoms with Crippen LogP contribution in [0.25, 0.3) is 0 Å². The quantitative estimate of drug-likeness (QED) is 0.381. The Morgan fingerprint density at radius 1 is 1.05 bits per heavy atom. The first-order chi connectivity index (χ1) is 18.2. The fraction of sp³-hybridized carbons (Fsp3) is 0.379. The Bertz CT molecular complexity index is 1350. The number of aromatic nitrogens is 1. The molecule has 8 nitrogen and oxygen atoms in total. The molecule has 1 saturated heterocycles. The van der Waals surface area contributed by atoms with Gasteiger partial charge in [0.25, 0.3) is 5.91 Å². The molecule has 1 aliphatic heterocycles. The smallest absolute Gasteiger partial charge is 0.254 e. The van der Waals surface area contributed by atoms with E-state index in [1.165, 1.54) is 4.31 Å². The first-order valence-electron chi connectivity index (χ1n) is 12.7. The van der Waals surface area contributed by atoms with Gasteiger partial charge in [-0.1, -0.05) is 36.4 Å². The second-order valence-electron chi connectivity index (χ2n) is 9.62. The van der Waals surface area contributed by atoms with Crippen LogP contribution < -0.4 is 9.64 Å². The molecular weight excluding hydrogens is 502 g/mol. The standard InChI is InChI=1S/C29H35N3O5S/c1-21-16-26(36-4)17-22(2)29(21)38(34,35)32-15-9-13-25(32)19-37-20-28(33)31(18-24-11-6-5-7-12-24)27-14-8-10-23(3)30-27/h5-8,10-12,14,16-17,25H,9,13,15,18-20H2,1-4H3. The van der Waals surface area contributed by atoms with E-state index in [4.69, 9.17) is 9.47 Å². The van der Waals surface area contributed by atoms with Gasteiger partial charge in [-0.05, 0) is 74.6 Å². The molecule has 0 N–H and O–H groups in total. The minimum atomic E-state index is -3.74. The summed E-state index contributed by atoms with van der Waals surface area (Å²) in [5, 5.41) is 0. The van der Waals surface area contributed by atoms with Gasteiger partial charge in [0.05, 0.1) is 25.2 Å². The molecule has 0 aliphatic carbocycles. The first-order valence-corrected chi connectivity index (χ1v) is 14.2. The highest BCUT2D eigenvalue weighted by atomic mass is 32.2. The highest BCUT2D eigenvalue weighted by Gasteiger charge is 2.37. The third-order valence-corrected chi connectivity index (χ3v) is 8.99. The topological polar surface area (TPSA) is 89.0 Å². The van der Waals surface area contributed by atoms with Gasteiger partial charge in [0.1, 0.15) is 18.2 Å². The Hall–Kier alpha value is -3.27. The molecule has 202 valence electrons. The largest absolute Gasteiger partial charge is 0.497 e. The molecule has 2 heterocycles. The van der Waals surface area contributed by atoms with E-state index in [1.807, 2.05) is 49.4 Å². The zero-order valence-electron chi connectivity index (χ0n) is 22.4. The first kappa shape index (κ1) is 27.8. The molecule has 3 aromatic rings. The minimum Gasteiger partial charge on any atom is -0.497 e. The fourth-order valence-electron chi connectivity index (χ4n) is 4.95. The highest BCUT2D eigenvalue weighted by molar-refractivity contribution is 7.89. The number of sulfonamides is 1. The van der Waals surface area contributed by atoms with E-state index in [-0.39, 0.29) is 25.2 Å². The molecule has 1 amide bonds. The lowest BCUT2D eigenvalue weighted by atomic mass is 10.1. The summed E-state index contributed by atoms with van der Waals surface area (Å²) < 4.78 is 40.0. The number of anilines is 1. The van der Waals surface area contributed by atoms with Crippen LogP contribution in [0.4, 0.5) is 5.82 Å². The lowest BCUT2D eigenvalue weighted by Crippen LogP contribution is -2.40. The van der Waals surface area contributed by atoms with Crippen LogP contribution in [0.3, 0.4) is 0 Å². The van der Waals surface area contributed by atoms with Crippen molar-refractivity contribution in [2.75, 3.05) is 31.8 Å². The number of hydrogen-bond acceptors (Lipinski definition) is 6. The molecule has 0 saturated carbocycles. The second-order valence-corrected chi connectivity index (χ2v) is 11.4.